The van der Waals surface area contributed by atoms with Crippen LogP contribution in [0.4, 0.5) is 11.4 Å². The second-order valence-electron chi connectivity index (χ2n) is 5.31. The fourth-order valence-corrected chi connectivity index (χ4v) is 2.08. The van der Waals surface area contributed by atoms with Crippen LogP contribution in [-0.2, 0) is 4.79 Å². The number of nitrogen functional groups attached to an aromatic ring is 1. The van der Waals surface area contributed by atoms with E-state index in [1.54, 1.807) is 0 Å². The number of amides is 1. The predicted octanol–water partition coefficient (Wildman–Crippen LogP) is 2.90. The van der Waals surface area contributed by atoms with E-state index >= 15 is 0 Å². The molecule has 0 spiro atoms. The Hall–Kier alpha value is -1.42. The van der Waals surface area contributed by atoms with Crippen molar-refractivity contribution in [3.8, 4) is 5.75 Å². The number of rotatable bonds is 0. The molecule has 0 aliphatic carbocycles. The standard InChI is InChI=1S/C13H17ClN2O2/c1-6-8(14)7(2)10-11(9(6)15)18-5-13(3,4)12(17)16-10/h5,15H2,1-4H3,(H,16,17). The second kappa shape index (κ2) is 4.05. The average Bonchev–Trinajstić information content (AvgIpc) is 2.43. The van der Waals surface area contributed by atoms with Crippen LogP contribution >= 0.6 is 11.6 Å². The maximum atomic E-state index is 12.1. The Bertz CT molecular complexity index is 539. The minimum absolute atomic E-state index is 0.0938. The summed E-state index contributed by atoms with van der Waals surface area (Å²) < 4.78 is 5.71. The maximum absolute atomic E-state index is 12.1. The first-order valence-electron chi connectivity index (χ1n) is 5.78. The number of ether oxygens (including phenoxy) is 1. The summed E-state index contributed by atoms with van der Waals surface area (Å²) in [7, 11) is 0. The van der Waals surface area contributed by atoms with Gasteiger partial charge < -0.3 is 15.8 Å². The SMILES string of the molecule is Cc1c(N)c2c(c(C)c1Cl)NC(=O)C(C)(C)CO2. The van der Waals surface area contributed by atoms with Crippen molar-refractivity contribution in [2.24, 2.45) is 5.41 Å². The van der Waals surface area contributed by atoms with Crippen molar-refractivity contribution in [1.29, 1.82) is 0 Å². The van der Waals surface area contributed by atoms with Gasteiger partial charge in [0.15, 0.2) is 5.75 Å². The Morgan fingerprint density at radius 2 is 1.94 bits per heavy atom. The molecule has 0 saturated carbocycles. The first-order valence-corrected chi connectivity index (χ1v) is 6.16. The van der Waals surface area contributed by atoms with Crippen LogP contribution < -0.4 is 15.8 Å². The van der Waals surface area contributed by atoms with E-state index in [9.17, 15) is 4.79 Å². The van der Waals surface area contributed by atoms with Gasteiger partial charge in [-0.2, -0.15) is 0 Å². The molecule has 1 heterocycles. The van der Waals surface area contributed by atoms with Gasteiger partial charge in [-0.15, -0.1) is 0 Å². The lowest BCUT2D eigenvalue weighted by Crippen LogP contribution is -2.33. The van der Waals surface area contributed by atoms with Crippen LogP contribution in [0.1, 0.15) is 25.0 Å². The third-order valence-electron chi connectivity index (χ3n) is 3.34. The molecule has 1 aliphatic heterocycles. The summed E-state index contributed by atoms with van der Waals surface area (Å²) in [5.74, 6) is 0.428. The molecule has 0 aromatic heterocycles. The van der Waals surface area contributed by atoms with E-state index in [0.29, 0.717) is 22.1 Å². The van der Waals surface area contributed by atoms with Gasteiger partial charge in [0.25, 0.3) is 0 Å². The molecule has 98 valence electrons. The van der Waals surface area contributed by atoms with Gasteiger partial charge in [-0.05, 0) is 38.8 Å². The number of carbonyl (C=O) groups is 1. The van der Waals surface area contributed by atoms with E-state index in [-0.39, 0.29) is 12.5 Å². The van der Waals surface area contributed by atoms with E-state index in [1.807, 2.05) is 27.7 Å². The Kier molecular flexibility index (Phi) is 2.93. The lowest BCUT2D eigenvalue weighted by molar-refractivity contribution is -0.124. The number of benzene rings is 1. The van der Waals surface area contributed by atoms with Gasteiger partial charge in [-0.25, -0.2) is 0 Å². The zero-order valence-corrected chi connectivity index (χ0v) is 11.7. The normalized spacial score (nSPS) is 17.5. The quantitative estimate of drug-likeness (QED) is 0.711. The van der Waals surface area contributed by atoms with Gasteiger partial charge in [0.1, 0.15) is 6.61 Å². The molecular formula is C13H17ClN2O2. The first kappa shape index (κ1) is 13.0. The summed E-state index contributed by atoms with van der Waals surface area (Å²) in [6, 6.07) is 0. The Morgan fingerprint density at radius 1 is 1.33 bits per heavy atom. The van der Waals surface area contributed by atoms with Gasteiger partial charge in [0.2, 0.25) is 5.91 Å². The Labute approximate surface area is 111 Å². The van der Waals surface area contributed by atoms with Gasteiger partial charge in [0.05, 0.1) is 21.8 Å². The van der Waals surface area contributed by atoms with Crippen molar-refractivity contribution in [1.82, 2.24) is 0 Å². The fraction of sp³-hybridized carbons (Fsp3) is 0.462. The third kappa shape index (κ3) is 1.81. The average molecular weight is 269 g/mol. The summed E-state index contributed by atoms with van der Waals surface area (Å²) in [6.07, 6.45) is 0. The summed E-state index contributed by atoms with van der Waals surface area (Å²) in [5.41, 5.74) is 8.05. The number of fused-ring (bicyclic) bond motifs is 1. The molecule has 0 unspecified atom stereocenters. The summed E-state index contributed by atoms with van der Waals surface area (Å²) in [5, 5.41) is 3.43. The van der Waals surface area contributed by atoms with Crippen molar-refractivity contribution in [2.45, 2.75) is 27.7 Å². The number of nitrogens with two attached hydrogens (primary N) is 1. The molecule has 0 saturated heterocycles. The molecule has 5 heteroatoms. The molecule has 1 amide bonds. The van der Waals surface area contributed by atoms with Crippen LogP contribution in [0.15, 0.2) is 0 Å². The van der Waals surface area contributed by atoms with Crippen LogP contribution in [0.5, 0.6) is 5.75 Å². The lowest BCUT2D eigenvalue weighted by Gasteiger charge is -2.18. The molecular weight excluding hydrogens is 252 g/mol. The van der Waals surface area contributed by atoms with E-state index < -0.39 is 5.41 Å². The van der Waals surface area contributed by atoms with Gasteiger partial charge >= 0.3 is 0 Å². The number of anilines is 2. The minimum Gasteiger partial charge on any atom is -0.488 e. The van der Waals surface area contributed by atoms with Crippen LogP contribution in [0.3, 0.4) is 0 Å². The largest absolute Gasteiger partial charge is 0.488 e. The number of nitrogens with one attached hydrogen (secondary N) is 1. The molecule has 0 fully saturated rings. The van der Waals surface area contributed by atoms with E-state index in [1.165, 1.54) is 0 Å². The van der Waals surface area contributed by atoms with E-state index in [2.05, 4.69) is 5.32 Å². The Balaban J connectivity index is 2.65. The summed E-state index contributed by atoms with van der Waals surface area (Å²) >= 11 is 6.21. The lowest BCUT2D eigenvalue weighted by atomic mass is 9.94. The highest BCUT2D eigenvalue weighted by molar-refractivity contribution is 6.33. The molecule has 0 bridgehead atoms. The van der Waals surface area contributed by atoms with E-state index in [4.69, 9.17) is 22.1 Å². The highest BCUT2D eigenvalue weighted by Crippen LogP contribution is 2.44. The molecule has 1 aliphatic rings. The van der Waals surface area contributed by atoms with Crippen molar-refractivity contribution >= 4 is 28.9 Å². The van der Waals surface area contributed by atoms with Gasteiger partial charge in [0, 0.05) is 0 Å². The number of hydrogen-bond donors (Lipinski definition) is 2. The predicted molar refractivity (Wildman–Crippen MR) is 73.2 cm³/mol. The highest BCUT2D eigenvalue weighted by Gasteiger charge is 2.34. The number of halogens is 1. The van der Waals surface area contributed by atoms with Crippen molar-refractivity contribution in [3.63, 3.8) is 0 Å². The molecule has 2 rings (SSSR count). The minimum atomic E-state index is -0.599. The zero-order chi connectivity index (χ0) is 13.7. The van der Waals surface area contributed by atoms with Crippen LogP contribution in [-0.4, -0.2) is 12.5 Å². The molecule has 1 aromatic carbocycles. The van der Waals surface area contributed by atoms with Gasteiger partial charge in [-0.3, -0.25) is 4.79 Å². The molecule has 0 radical (unpaired) electrons. The zero-order valence-electron chi connectivity index (χ0n) is 11.0. The van der Waals surface area contributed by atoms with Crippen molar-refractivity contribution in [2.75, 3.05) is 17.7 Å². The fourth-order valence-electron chi connectivity index (χ4n) is 1.89. The van der Waals surface area contributed by atoms with Crippen LogP contribution in [0, 0.1) is 19.3 Å². The van der Waals surface area contributed by atoms with Crippen LogP contribution in [0.25, 0.3) is 0 Å². The first-order chi connectivity index (χ1) is 8.25. The monoisotopic (exact) mass is 268 g/mol. The van der Waals surface area contributed by atoms with Gasteiger partial charge in [-0.1, -0.05) is 11.6 Å². The summed E-state index contributed by atoms with van der Waals surface area (Å²) in [4.78, 5) is 12.1. The molecule has 1 aromatic rings. The highest BCUT2D eigenvalue weighted by atomic mass is 35.5. The van der Waals surface area contributed by atoms with Crippen LogP contribution in [0.2, 0.25) is 5.02 Å². The number of carbonyl (C=O) groups excluding carboxylic acids is 1. The van der Waals surface area contributed by atoms with E-state index in [0.717, 1.165) is 11.1 Å². The van der Waals surface area contributed by atoms with Crippen molar-refractivity contribution in [3.05, 3.63) is 16.1 Å². The molecule has 3 N–H and O–H groups in total. The molecule has 4 nitrogen and oxygen atoms in total. The summed E-state index contributed by atoms with van der Waals surface area (Å²) in [6.45, 7) is 7.63. The van der Waals surface area contributed by atoms with Crippen molar-refractivity contribution < 1.29 is 9.53 Å². The smallest absolute Gasteiger partial charge is 0.233 e. The molecule has 18 heavy (non-hydrogen) atoms. The third-order valence-corrected chi connectivity index (χ3v) is 3.91. The maximum Gasteiger partial charge on any atom is 0.233 e. The topological polar surface area (TPSA) is 64.3 Å². The Morgan fingerprint density at radius 3 is 2.56 bits per heavy atom. The molecule has 0 atom stereocenters. The second-order valence-corrected chi connectivity index (χ2v) is 5.69. The number of hydrogen-bond acceptors (Lipinski definition) is 3.